The Morgan fingerprint density at radius 2 is 1.34 bits per heavy atom. The second-order valence-corrected chi connectivity index (χ2v) is 7.44. The zero-order chi connectivity index (χ0) is 20.2. The van der Waals surface area contributed by atoms with Crippen LogP contribution in [0.3, 0.4) is 0 Å². The van der Waals surface area contributed by atoms with Gasteiger partial charge in [-0.3, -0.25) is 9.59 Å². The monoisotopic (exact) mass is 444 g/mol. The highest BCUT2D eigenvalue weighted by molar-refractivity contribution is 9.10. The standard InChI is InChI=1S/C24H17BrN2O2/c25-19-13-11-17(12-14-19)23(28)26-20-8-3-7-18(15-20)24(29)27-22-10-4-6-16-5-1-2-9-21(16)22/h1-15H,(H,26,28)(H,27,29). The Hall–Kier alpha value is -3.44. The largest absolute Gasteiger partial charge is 0.322 e. The van der Waals surface area contributed by atoms with Crippen LogP contribution >= 0.6 is 15.9 Å². The van der Waals surface area contributed by atoms with Crippen molar-refractivity contribution in [3.05, 3.63) is 107 Å². The van der Waals surface area contributed by atoms with E-state index in [4.69, 9.17) is 0 Å². The van der Waals surface area contributed by atoms with Crippen molar-refractivity contribution in [2.24, 2.45) is 0 Å². The molecule has 0 saturated carbocycles. The van der Waals surface area contributed by atoms with Gasteiger partial charge >= 0.3 is 0 Å². The number of rotatable bonds is 4. The molecule has 0 bridgehead atoms. The molecule has 2 amide bonds. The topological polar surface area (TPSA) is 58.2 Å². The lowest BCUT2D eigenvalue weighted by molar-refractivity contribution is 0.101. The van der Waals surface area contributed by atoms with Gasteiger partial charge in [0.25, 0.3) is 11.8 Å². The minimum absolute atomic E-state index is 0.232. The molecule has 29 heavy (non-hydrogen) atoms. The predicted molar refractivity (Wildman–Crippen MR) is 120 cm³/mol. The van der Waals surface area contributed by atoms with Crippen LogP contribution in [-0.2, 0) is 0 Å². The molecule has 0 unspecified atom stereocenters. The van der Waals surface area contributed by atoms with Gasteiger partial charge in [0.15, 0.2) is 0 Å². The summed E-state index contributed by atoms with van der Waals surface area (Å²) >= 11 is 3.35. The Bertz CT molecular complexity index is 1200. The first-order valence-electron chi connectivity index (χ1n) is 9.06. The van der Waals surface area contributed by atoms with Crippen LogP contribution in [0.2, 0.25) is 0 Å². The maximum Gasteiger partial charge on any atom is 0.255 e. The summed E-state index contributed by atoms with van der Waals surface area (Å²) in [5, 5.41) is 7.83. The van der Waals surface area contributed by atoms with Gasteiger partial charge in [-0.15, -0.1) is 0 Å². The van der Waals surface area contributed by atoms with Crippen LogP contribution < -0.4 is 10.6 Å². The first-order valence-corrected chi connectivity index (χ1v) is 9.85. The Balaban J connectivity index is 1.52. The summed E-state index contributed by atoms with van der Waals surface area (Å²) in [5.74, 6) is -0.467. The predicted octanol–water partition coefficient (Wildman–Crippen LogP) is 6.11. The zero-order valence-corrected chi connectivity index (χ0v) is 16.9. The Kier molecular flexibility index (Phi) is 5.40. The second-order valence-electron chi connectivity index (χ2n) is 6.52. The van der Waals surface area contributed by atoms with Gasteiger partial charge in [0.2, 0.25) is 0 Å². The first kappa shape index (κ1) is 18.9. The molecule has 0 fully saturated rings. The quantitative estimate of drug-likeness (QED) is 0.399. The molecule has 4 aromatic rings. The van der Waals surface area contributed by atoms with E-state index in [-0.39, 0.29) is 11.8 Å². The molecule has 142 valence electrons. The van der Waals surface area contributed by atoms with E-state index in [0.29, 0.717) is 16.8 Å². The molecular formula is C24H17BrN2O2. The van der Waals surface area contributed by atoms with Crippen LogP contribution in [0.5, 0.6) is 0 Å². The van der Waals surface area contributed by atoms with Crippen LogP contribution in [0.25, 0.3) is 10.8 Å². The van der Waals surface area contributed by atoms with E-state index in [2.05, 4.69) is 26.6 Å². The summed E-state index contributed by atoms with van der Waals surface area (Å²) in [7, 11) is 0. The number of amides is 2. The van der Waals surface area contributed by atoms with Crippen LogP contribution in [0, 0.1) is 0 Å². The molecule has 5 heteroatoms. The van der Waals surface area contributed by atoms with Crippen molar-refractivity contribution in [3.63, 3.8) is 0 Å². The maximum atomic E-state index is 12.8. The molecule has 0 radical (unpaired) electrons. The summed E-state index contributed by atoms with van der Waals surface area (Å²) in [5.41, 5.74) is 2.31. The first-order chi connectivity index (χ1) is 14.1. The van der Waals surface area contributed by atoms with Gasteiger partial charge in [0, 0.05) is 32.4 Å². The fraction of sp³-hybridized carbons (Fsp3) is 0. The number of benzene rings is 4. The summed E-state index contributed by atoms with van der Waals surface area (Å²) in [4.78, 5) is 25.2. The van der Waals surface area contributed by atoms with Crippen LogP contribution in [0.15, 0.2) is 95.5 Å². The van der Waals surface area contributed by atoms with Gasteiger partial charge in [-0.25, -0.2) is 0 Å². The van der Waals surface area contributed by atoms with Crippen LogP contribution in [0.1, 0.15) is 20.7 Å². The lowest BCUT2D eigenvalue weighted by atomic mass is 10.1. The summed E-state index contributed by atoms with van der Waals surface area (Å²) < 4.78 is 0.904. The van der Waals surface area contributed by atoms with E-state index in [9.17, 15) is 9.59 Å². The van der Waals surface area contributed by atoms with Gasteiger partial charge in [-0.1, -0.05) is 58.4 Å². The average molecular weight is 445 g/mol. The molecule has 0 aliphatic carbocycles. The van der Waals surface area contributed by atoms with Crippen molar-refractivity contribution >= 4 is 49.9 Å². The minimum Gasteiger partial charge on any atom is -0.322 e. The number of hydrogen-bond donors (Lipinski definition) is 2. The third kappa shape index (κ3) is 4.36. The van der Waals surface area contributed by atoms with E-state index < -0.39 is 0 Å². The maximum absolute atomic E-state index is 12.8. The molecule has 0 atom stereocenters. The lowest BCUT2D eigenvalue weighted by Crippen LogP contribution is -2.14. The number of anilines is 2. The molecule has 0 aromatic heterocycles. The third-order valence-electron chi connectivity index (χ3n) is 4.53. The van der Waals surface area contributed by atoms with E-state index in [1.165, 1.54) is 0 Å². The highest BCUT2D eigenvalue weighted by Gasteiger charge is 2.11. The molecule has 2 N–H and O–H groups in total. The van der Waals surface area contributed by atoms with Gasteiger partial charge in [0.05, 0.1) is 0 Å². The van der Waals surface area contributed by atoms with Gasteiger partial charge in [-0.05, 0) is 53.9 Å². The van der Waals surface area contributed by atoms with Gasteiger partial charge in [0.1, 0.15) is 0 Å². The molecule has 0 heterocycles. The molecular weight excluding hydrogens is 428 g/mol. The van der Waals surface area contributed by atoms with Crippen molar-refractivity contribution in [1.82, 2.24) is 0 Å². The van der Waals surface area contributed by atoms with Gasteiger partial charge in [-0.2, -0.15) is 0 Å². The normalized spacial score (nSPS) is 10.5. The fourth-order valence-electron chi connectivity index (χ4n) is 3.07. The molecule has 4 aromatic carbocycles. The fourth-order valence-corrected chi connectivity index (χ4v) is 3.34. The van der Waals surface area contributed by atoms with E-state index >= 15 is 0 Å². The third-order valence-corrected chi connectivity index (χ3v) is 5.06. The van der Waals surface area contributed by atoms with E-state index in [1.807, 2.05) is 54.6 Å². The van der Waals surface area contributed by atoms with Crippen molar-refractivity contribution in [1.29, 1.82) is 0 Å². The second kappa shape index (κ2) is 8.29. The van der Waals surface area contributed by atoms with Gasteiger partial charge < -0.3 is 10.6 Å². The zero-order valence-electron chi connectivity index (χ0n) is 15.4. The van der Waals surface area contributed by atoms with Crippen LogP contribution in [-0.4, -0.2) is 11.8 Å². The number of carbonyl (C=O) groups excluding carboxylic acids is 2. The molecule has 0 spiro atoms. The van der Waals surface area contributed by atoms with E-state index in [1.54, 1.807) is 36.4 Å². The van der Waals surface area contributed by atoms with Crippen molar-refractivity contribution in [2.75, 3.05) is 10.6 Å². The number of hydrogen-bond acceptors (Lipinski definition) is 2. The summed E-state index contributed by atoms with van der Waals surface area (Å²) in [6.45, 7) is 0. The van der Waals surface area contributed by atoms with Crippen molar-refractivity contribution < 1.29 is 9.59 Å². The van der Waals surface area contributed by atoms with E-state index in [0.717, 1.165) is 20.9 Å². The molecule has 4 rings (SSSR count). The Morgan fingerprint density at radius 1 is 0.655 bits per heavy atom. The summed E-state index contributed by atoms with van der Waals surface area (Å²) in [6.07, 6.45) is 0. The number of carbonyl (C=O) groups is 2. The minimum atomic E-state index is -0.235. The molecule has 0 saturated heterocycles. The van der Waals surface area contributed by atoms with Crippen LogP contribution in [0.4, 0.5) is 11.4 Å². The Labute approximate surface area is 176 Å². The number of fused-ring (bicyclic) bond motifs is 1. The molecule has 0 aliphatic rings. The summed E-state index contributed by atoms with van der Waals surface area (Å²) in [6, 6.07) is 27.6. The Morgan fingerprint density at radius 3 is 2.17 bits per heavy atom. The molecule has 0 aliphatic heterocycles. The highest BCUT2D eigenvalue weighted by atomic mass is 79.9. The highest BCUT2D eigenvalue weighted by Crippen LogP contribution is 2.24. The van der Waals surface area contributed by atoms with Crippen molar-refractivity contribution in [3.8, 4) is 0 Å². The number of nitrogens with one attached hydrogen (secondary N) is 2. The SMILES string of the molecule is O=C(Nc1cccc(C(=O)Nc2cccc3ccccc23)c1)c1ccc(Br)cc1. The molecule has 4 nitrogen and oxygen atoms in total. The lowest BCUT2D eigenvalue weighted by Gasteiger charge is -2.10. The smallest absolute Gasteiger partial charge is 0.255 e. The average Bonchev–Trinajstić information content (AvgIpc) is 2.74. The number of halogens is 1. The van der Waals surface area contributed by atoms with Crippen molar-refractivity contribution in [2.45, 2.75) is 0 Å².